The molecule has 3 aromatic rings. The van der Waals surface area contributed by atoms with Gasteiger partial charge in [0.1, 0.15) is 24.6 Å². The van der Waals surface area contributed by atoms with Crippen molar-refractivity contribution in [1.29, 1.82) is 0 Å². The number of hydrogen-bond donors (Lipinski definition) is 0. The van der Waals surface area contributed by atoms with E-state index in [1.807, 2.05) is 111 Å². The van der Waals surface area contributed by atoms with Crippen LogP contribution in [0, 0.1) is 64.6 Å². The standard InChI is InChI=1S/C11H14O2.C11H16O.C10H22O2Si.C10H14.C9H22Si.C8H16O2.C7H12O2.C7H16.C7H14.C5H12.C4H10/c1-9(2)11(12)13-8-10-6-4-3-5-7-10;1-9(2)8-10-4-6-11(12-3)7-5-10;1-8(2)9(11)12-6-7-13-10(3,4)5;1-9(2)8-10-6-4-3-5-7-10;1-8(2)10(6,7)9(3,4)5;1-6(2)7(9)10-8(3,4)5;1-4-5-9-7(8)6(2)3;1-6(2)7(3,4)5;1-4-5-6-7(2)3;1-4-5(2)3;1-4(2)3/h3-7,9H,8H2,1-2H3;4-7,9H,8H2,1-3H3;8H,6-7,13H2,1-5H3;3-7,9H,8H2,1-2H3;8H,1-7H3;6H,1-5H3;4,6H,1,5H2,2-3H3;6H,1-5H3;4,7H,1,5-6H2,2-3H3;5H,4H2,1-3H3;4H,1-3H3. The summed E-state index contributed by atoms with van der Waals surface area (Å²) in [5, 5.41) is 1.03. The summed E-state index contributed by atoms with van der Waals surface area (Å²) in [5.74, 6) is 5.14. The number of benzene rings is 3. The molecular weight excluding hydrogens is 1270 g/mol. The Morgan fingerprint density at radius 1 is 0.480 bits per heavy atom. The van der Waals surface area contributed by atoms with Crippen LogP contribution >= 0.6 is 0 Å². The molecule has 586 valence electrons. The Labute approximate surface area is 626 Å². The maximum Gasteiger partial charge on any atom is 0.308 e. The van der Waals surface area contributed by atoms with E-state index >= 15 is 0 Å². The fraction of sp³-hybridized carbons (Fsp3) is 0.708. The molecule has 0 fully saturated rings. The number of carbonyl (C=O) groups is 4. The van der Waals surface area contributed by atoms with Crippen molar-refractivity contribution in [3.63, 3.8) is 0 Å². The fourth-order valence-corrected chi connectivity index (χ4v) is 9.28. The van der Waals surface area contributed by atoms with E-state index in [2.05, 4.69) is 242 Å². The molecule has 0 bridgehead atoms. The predicted octanol–water partition coefficient (Wildman–Crippen LogP) is 26.4. The lowest BCUT2D eigenvalue weighted by Crippen LogP contribution is -2.39. The second-order valence-corrected chi connectivity index (χ2v) is 44.4. The summed E-state index contributed by atoms with van der Waals surface area (Å²) < 4.78 is 25.0. The molecule has 0 aliphatic rings. The summed E-state index contributed by atoms with van der Waals surface area (Å²) in [6.07, 6.45) is 9.62. The van der Waals surface area contributed by atoms with Crippen LogP contribution in [0.5, 0.6) is 5.75 Å². The highest BCUT2D eigenvalue weighted by Gasteiger charge is 2.37. The molecule has 3 aromatic carbocycles. The van der Waals surface area contributed by atoms with Crippen LogP contribution in [0.4, 0.5) is 0 Å². The normalized spacial score (nSPS) is 11.1. The highest BCUT2D eigenvalue weighted by molar-refractivity contribution is 6.81. The molecule has 0 aliphatic carbocycles. The Kier molecular flexibility index (Phi) is 71.0. The van der Waals surface area contributed by atoms with E-state index in [0.29, 0.717) is 35.3 Å². The van der Waals surface area contributed by atoms with Crippen LogP contribution < -0.4 is 4.74 Å². The second-order valence-electron chi connectivity index (χ2n) is 35.0. The van der Waals surface area contributed by atoms with Crippen LogP contribution in [-0.2, 0) is 57.6 Å². The Morgan fingerprint density at radius 3 is 1.07 bits per heavy atom. The summed E-state index contributed by atoms with van der Waals surface area (Å²) >= 11 is 0. The van der Waals surface area contributed by atoms with Gasteiger partial charge in [0.25, 0.3) is 0 Å². The summed E-state index contributed by atoms with van der Waals surface area (Å²) in [4.78, 5) is 43.7. The van der Waals surface area contributed by atoms with Gasteiger partial charge in [-0.15, -0.1) is 6.58 Å². The van der Waals surface area contributed by atoms with Gasteiger partial charge in [0.2, 0.25) is 0 Å². The lowest BCUT2D eigenvalue weighted by Gasteiger charge is -2.40. The maximum absolute atomic E-state index is 11.1. The predicted molar refractivity (Wildman–Crippen MR) is 450 cm³/mol. The molecule has 0 amide bonds. The molecule has 0 spiro atoms. The van der Waals surface area contributed by atoms with Crippen molar-refractivity contribution in [3.05, 3.63) is 127 Å². The first-order valence-electron chi connectivity index (χ1n) is 38.1. The van der Waals surface area contributed by atoms with E-state index in [0.717, 1.165) is 71.2 Å². The van der Waals surface area contributed by atoms with Crippen molar-refractivity contribution in [3.8, 4) is 5.75 Å². The number of ether oxygens (including phenoxy) is 5. The molecule has 0 aromatic heterocycles. The van der Waals surface area contributed by atoms with Gasteiger partial charge in [0.05, 0.1) is 45.5 Å². The van der Waals surface area contributed by atoms with Crippen LogP contribution in [0.2, 0.25) is 34.8 Å². The second kappa shape index (κ2) is 63.9. The van der Waals surface area contributed by atoms with Crippen LogP contribution in [0.15, 0.2) is 110 Å². The lowest BCUT2D eigenvalue weighted by molar-refractivity contribution is -0.158. The summed E-state index contributed by atoms with van der Waals surface area (Å²) in [7, 11) is 0.615. The molecule has 9 nitrogen and oxygen atoms in total. The van der Waals surface area contributed by atoms with Gasteiger partial charge >= 0.3 is 23.9 Å². The van der Waals surface area contributed by atoms with Crippen LogP contribution in [0.25, 0.3) is 0 Å². The van der Waals surface area contributed by atoms with E-state index in [1.54, 1.807) is 27.0 Å². The Bertz CT molecular complexity index is 2350. The lowest BCUT2D eigenvalue weighted by atomic mass is 9.84. The molecule has 3 rings (SSSR count). The van der Waals surface area contributed by atoms with E-state index in [1.165, 1.54) is 30.4 Å². The molecule has 11 heteroatoms. The number of hydrogen-bond acceptors (Lipinski definition) is 9. The molecule has 0 N–H and O–H groups in total. The van der Waals surface area contributed by atoms with Gasteiger partial charge in [-0.1, -0.05) is 345 Å². The monoisotopic (exact) mass is 1440 g/mol. The molecule has 0 atom stereocenters. The van der Waals surface area contributed by atoms with Crippen molar-refractivity contribution in [2.75, 3.05) is 20.3 Å². The molecule has 0 radical (unpaired) electrons. The van der Waals surface area contributed by atoms with E-state index in [-0.39, 0.29) is 62.7 Å². The molecule has 0 heterocycles. The van der Waals surface area contributed by atoms with E-state index in [4.69, 9.17) is 23.7 Å². The van der Waals surface area contributed by atoms with Crippen molar-refractivity contribution in [2.24, 2.45) is 64.6 Å². The molecule has 0 saturated carbocycles. The average molecular weight is 1440 g/mol. The van der Waals surface area contributed by atoms with Gasteiger partial charge in [-0.05, 0) is 132 Å². The van der Waals surface area contributed by atoms with Crippen molar-refractivity contribution >= 4 is 41.5 Å². The molecule has 0 unspecified atom stereocenters. The highest BCUT2D eigenvalue weighted by Crippen LogP contribution is 2.42. The Hall–Kier alpha value is -4.75. The molecular formula is C89H168O9Si2. The van der Waals surface area contributed by atoms with Gasteiger partial charge in [-0.3, -0.25) is 19.2 Å². The first-order valence-corrected chi connectivity index (χ1v) is 42.9. The minimum Gasteiger partial charge on any atom is -0.497 e. The van der Waals surface area contributed by atoms with Gasteiger partial charge < -0.3 is 23.7 Å². The van der Waals surface area contributed by atoms with Crippen molar-refractivity contribution in [1.82, 2.24) is 0 Å². The Morgan fingerprint density at radius 2 is 0.830 bits per heavy atom. The van der Waals surface area contributed by atoms with Gasteiger partial charge in [-0.2, -0.15) is 0 Å². The van der Waals surface area contributed by atoms with Gasteiger partial charge in [-0.25, -0.2) is 0 Å². The van der Waals surface area contributed by atoms with E-state index < -0.39 is 8.07 Å². The summed E-state index contributed by atoms with van der Waals surface area (Å²) in [6, 6.07) is 29.7. The number of methoxy groups -OCH3 is 1. The fourth-order valence-electron chi connectivity index (χ4n) is 6.20. The van der Waals surface area contributed by atoms with Gasteiger partial charge in [0, 0.05) is 9.52 Å². The van der Waals surface area contributed by atoms with Crippen molar-refractivity contribution in [2.45, 2.75) is 328 Å². The molecule has 100 heavy (non-hydrogen) atoms. The molecule has 0 saturated heterocycles. The summed E-state index contributed by atoms with van der Waals surface area (Å²) in [6.45, 7) is 90.0. The quantitative estimate of drug-likeness (QED) is 0.0338. The Balaban J connectivity index is -0.000000157. The average Bonchev–Trinajstić information content (AvgIpc) is 0.829. The van der Waals surface area contributed by atoms with Crippen LogP contribution in [0.1, 0.15) is 285 Å². The largest absolute Gasteiger partial charge is 0.497 e. The maximum atomic E-state index is 11.1. The van der Waals surface area contributed by atoms with Crippen LogP contribution in [-0.4, -0.2) is 67.4 Å². The third-order valence-corrected chi connectivity index (χ3v) is 24.2. The minimum atomic E-state index is -0.982. The topological polar surface area (TPSA) is 114 Å². The zero-order valence-electron chi connectivity index (χ0n) is 73.2. The zero-order valence-corrected chi connectivity index (χ0v) is 75.7. The summed E-state index contributed by atoms with van der Waals surface area (Å²) in [5.41, 5.74) is 4.90. The number of rotatable bonds is 21. The molecule has 0 aliphatic heterocycles. The van der Waals surface area contributed by atoms with Crippen molar-refractivity contribution < 1.29 is 42.9 Å². The SMILES string of the molecule is C=CCCC(C)C.C=CCOC(=O)C(C)C.CC(C)C.CC(C)C(=O)OC(C)(C)C.CC(C)C(=O)OCC[SiH2]C(C)(C)C.CC(C)C(=O)OCc1ccccc1.CC(C)C(C)(C)C.CC(C)Cc1ccccc1.CC(C)[Si](C)(C)C(C)(C)C.CCC(C)C.COc1ccc(CC(C)C)cc1. The third kappa shape index (κ3) is 85.7. The third-order valence-electron chi connectivity index (χ3n) is 15.3. The smallest absolute Gasteiger partial charge is 0.308 e. The number of esters is 4. The highest BCUT2D eigenvalue weighted by atomic mass is 28.3. The first kappa shape index (κ1) is 111. The zero-order chi connectivity index (χ0) is 80.4. The minimum absolute atomic E-state index is 0.0105. The van der Waals surface area contributed by atoms with Crippen LogP contribution in [0.3, 0.4) is 0 Å². The number of carbonyl (C=O) groups excluding carboxylic acids is 4. The van der Waals surface area contributed by atoms with E-state index in [9.17, 15) is 19.2 Å². The van der Waals surface area contributed by atoms with Gasteiger partial charge in [0.15, 0.2) is 0 Å². The first-order chi connectivity index (χ1) is 45.4. The number of allylic oxidation sites excluding steroid dienone is 1.